The standard InChI is InChI=1S/C15H26N2O/c1-4-5-6-7-8-13(2)18-12-14-9-10-17-15(11-14)16-3/h9-11,13H,4-8,12H2,1-3H3,(H,16,17). The van der Waals surface area contributed by atoms with Crippen molar-refractivity contribution in [3.8, 4) is 0 Å². The summed E-state index contributed by atoms with van der Waals surface area (Å²) in [6.45, 7) is 5.07. The molecule has 0 bridgehead atoms. The van der Waals surface area contributed by atoms with Crippen molar-refractivity contribution < 1.29 is 4.74 Å². The van der Waals surface area contributed by atoms with Gasteiger partial charge in [-0.3, -0.25) is 0 Å². The quantitative estimate of drug-likeness (QED) is 0.673. The van der Waals surface area contributed by atoms with E-state index in [9.17, 15) is 0 Å². The maximum Gasteiger partial charge on any atom is 0.125 e. The van der Waals surface area contributed by atoms with Crippen molar-refractivity contribution in [3.05, 3.63) is 23.9 Å². The highest BCUT2D eigenvalue weighted by Crippen LogP contribution is 2.12. The molecule has 0 radical (unpaired) electrons. The van der Waals surface area contributed by atoms with Crippen LogP contribution >= 0.6 is 0 Å². The molecule has 1 heterocycles. The van der Waals surface area contributed by atoms with Gasteiger partial charge < -0.3 is 10.1 Å². The minimum Gasteiger partial charge on any atom is -0.374 e. The first kappa shape index (κ1) is 15.0. The molecule has 1 aromatic rings. The molecule has 1 unspecified atom stereocenters. The summed E-state index contributed by atoms with van der Waals surface area (Å²) in [7, 11) is 1.88. The van der Waals surface area contributed by atoms with Crippen molar-refractivity contribution in [1.82, 2.24) is 4.98 Å². The van der Waals surface area contributed by atoms with Crippen LogP contribution < -0.4 is 5.32 Å². The zero-order valence-corrected chi connectivity index (χ0v) is 11.9. The van der Waals surface area contributed by atoms with E-state index in [-0.39, 0.29) is 0 Å². The monoisotopic (exact) mass is 250 g/mol. The maximum absolute atomic E-state index is 5.85. The molecule has 0 aliphatic heterocycles. The van der Waals surface area contributed by atoms with E-state index in [4.69, 9.17) is 4.74 Å². The van der Waals surface area contributed by atoms with Crippen molar-refractivity contribution in [3.63, 3.8) is 0 Å². The van der Waals surface area contributed by atoms with Gasteiger partial charge in [-0.25, -0.2) is 4.98 Å². The Kier molecular flexibility index (Phi) is 7.42. The molecule has 0 fully saturated rings. The second-order valence-corrected chi connectivity index (χ2v) is 4.77. The first-order valence-electron chi connectivity index (χ1n) is 7.00. The summed E-state index contributed by atoms with van der Waals surface area (Å²) >= 11 is 0. The predicted molar refractivity (Wildman–Crippen MR) is 76.8 cm³/mol. The summed E-state index contributed by atoms with van der Waals surface area (Å²) in [5.41, 5.74) is 1.18. The highest BCUT2D eigenvalue weighted by molar-refractivity contribution is 5.36. The van der Waals surface area contributed by atoms with Crippen LogP contribution in [-0.4, -0.2) is 18.1 Å². The van der Waals surface area contributed by atoms with Gasteiger partial charge >= 0.3 is 0 Å². The zero-order valence-electron chi connectivity index (χ0n) is 11.9. The summed E-state index contributed by atoms with van der Waals surface area (Å²) < 4.78 is 5.85. The van der Waals surface area contributed by atoms with Crippen molar-refractivity contribution >= 4 is 5.82 Å². The lowest BCUT2D eigenvalue weighted by Gasteiger charge is -2.13. The van der Waals surface area contributed by atoms with Crippen LogP contribution in [-0.2, 0) is 11.3 Å². The average Bonchev–Trinajstić information content (AvgIpc) is 2.41. The van der Waals surface area contributed by atoms with Crippen LogP contribution in [0, 0.1) is 0 Å². The zero-order chi connectivity index (χ0) is 13.2. The fourth-order valence-electron chi connectivity index (χ4n) is 1.88. The molecule has 0 aromatic carbocycles. The van der Waals surface area contributed by atoms with E-state index in [2.05, 4.69) is 24.1 Å². The van der Waals surface area contributed by atoms with Gasteiger partial charge in [0.25, 0.3) is 0 Å². The van der Waals surface area contributed by atoms with Gasteiger partial charge in [0.1, 0.15) is 5.82 Å². The van der Waals surface area contributed by atoms with Crippen LogP contribution in [0.4, 0.5) is 5.82 Å². The van der Waals surface area contributed by atoms with E-state index >= 15 is 0 Å². The summed E-state index contributed by atoms with van der Waals surface area (Å²) in [6.07, 6.45) is 8.53. The topological polar surface area (TPSA) is 34.1 Å². The van der Waals surface area contributed by atoms with Gasteiger partial charge in [0.15, 0.2) is 0 Å². The van der Waals surface area contributed by atoms with Crippen LogP contribution in [0.3, 0.4) is 0 Å². The van der Waals surface area contributed by atoms with Crippen molar-refractivity contribution in [2.24, 2.45) is 0 Å². The Labute approximate surface area is 111 Å². The lowest BCUT2D eigenvalue weighted by Crippen LogP contribution is -2.08. The van der Waals surface area contributed by atoms with E-state index in [1.54, 1.807) is 0 Å². The molecule has 0 saturated heterocycles. The third-order valence-corrected chi connectivity index (χ3v) is 3.08. The number of rotatable bonds is 9. The second-order valence-electron chi connectivity index (χ2n) is 4.77. The van der Waals surface area contributed by atoms with Gasteiger partial charge in [-0.1, -0.05) is 32.6 Å². The van der Waals surface area contributed by atoms with Gasteiger partial charge in [-0.05, 0) is 31.0 Å². The number of pyridine rings is 1. The van der Waals surface area contributed by atoms with Gasteiger partial charge in [-0.15, -0.1) is 0 Å². The van der Waals surface area contributed by atoms with E-state index < -0.39 is 0 Å². The fraction of sp³-hybridized carbons (Fsp3) is 0.667. The molecule has 3 nitrogen and oxygen atoms in total. The van der Waals surface area contributed by atoms with E-state index in [1.807, 2.05) is 25.4 Å². The van der Waals surface area contributed by atoms with E-state index in [0.29, 0.717) is 12.7 Å². The molecule has 0 spiro atoms. The van der Waals surface area contributed by atoms with Crippen LogP contribution in [0.15, 0.2) is 18.3 Å². The molecular formula is C15H26N2O. The van der Waals surface area contributed by atoms with Crippen LogP contribution in [0.2, 0.25) is 0 Å². The smallest absolute Gasteiger partial charge is 0.125 e. The highest BCUT2D eigenvalue weighted by atomic mass is 16.5. The average molecular weight is 250 g/mol. The lowest BCUT2D eigenvalue weighted by atomic mass is 10.1. The number of unbranched alkanes of at least 4 members (excludes halogenated alkanes) is 3. The molecule has 0 aliphatic carbocycles. The molecule has 1 atom stereocenters. The van der Waals surface area contributed by atoms with Gasteiger partial charge in [-0.2, -0.15) is 0 Å². The first-order chi connectivity index (χ1) is 8.76. The minimum atomic E-state index is 0.341. The number of aromatic nitrogens is 1. The molecule has 1 rings (SSSR count). The molecule has 3 heteroatoms. The summed E-state index contributed by atoms with van der Waals surface area (Å²) in [6, 6.07) is 4.04. The molecule has 1 aromatic heterocycles. The fourth-order valence-corrected chi connectivity index (χ4v) is 1.88. The van der Waals surface area contributed by atoms with Gasteiger partial charge in [0.05, 0.1) is 12.7 Å². The number of hydrogen-bond acceptors (Lipinski definition) is 3. The number of nitrogens with one attached hydrogen (secondary N) is 1. The normalized spacial score (nSPS) is 12.4. The Hall–Kier alpha value is -1.09. The van der Waals surface area contributed by atoms with Gasteiger partial charge in [0.2, 0.25) is 0 Å². The summed E-state index contributed by atoms with van der Waals surface area (Å²) in [5, 5.41) is 3.04. The molecule has 0 saturated carbocycles. The number of ether oxygens (including phenoxy) is 1. The Balaban J connectivity index is 2.22. The Morgan fingerprint density at radius 3 is 2.89 bits per heavy atom. The van der Waals surface area contributed by atoms with Crippen LogP contribution in [0.1, 0.15) is 51.5 Å². The van der Waals surface area contributed by atoms with E-state index in [1.165, 1.54) is 31.2 Å². The number of nitrogens with zero attached hydrogens (tertiary/aromatic N) is 1. The molecule has 1 N–H and O–H groups in total. The SMILES string of the molecule is CCCCCCC(C)OCc1ccnc(NC)c1. The van der Waals surface area contributed by atoms with Crippen molar-refractivity contribution in [2.45, 2.75) is 58.7 Å². The largest absolute Gasteiger partial charge is 0.374 e. The maximum atomic E-state index is 5.85. The molecule has 0 amide bonds. The highest BCUT2D eigenvalue weighted by Gasteiger charge is 2.03. The van der Waals surface area contributed by atoms with E-state index in [0.717, 1.165) is 12.2 Å². The van der Waals surface area contributed by atoms with Gasteiger partial charge in [0, 0.05) is 13.2 Å². The molecule has 0 aliphatic rings. The Bertz CT molecular complexity index is 328. The molecular weight excluding hydrogens is 224 g/mol. The number of hydrogen-bond donors (Lipinski definition) is 1. The number of anilines is 1. The third-order valence-electron chi connectivity index (χ3n) is 3.08. The Morgan fingerprint density at radius 1 is 1.33 bits per heavy atom. The summed E-state index contributed by atoms with van der Waals surface area (Å²) in [4.78, 5) is 4.19. The lowest BCUT2D eigenvalue weighted by molar-refractivity contribution is 0.0459. The van der Waals surface area contributed by atoms with Crippen LogP contribution in [0.25, 0.3) is 0 Å². The van der Waals surface area contributed by atoms with Crippen molar-refractivity contribution in [1.29, 1.82) is 0 Å². The third kappa shape index (κ3) is 6.01. The van der Waals surface area contributed by atoms with Crippen molar-refractivity contribution in [2.75, 3.05) is 12.4 Å². The molecule has 102 valence electrons. The predicted octanol–water partition coefficient (Wildman–Crippen LogP) is 4.00. The Morgan fingerprint density at radius 2 is 2.17 bits per heavy atom. The molecule has 18 heavy (non-hydrogen) atoms. The van der Waals surface area contributed by atoms with Crippen LogP contribution in [0.5, 0.6) is 0 Å². The second kappa shape index (κ2) is 8.92. The first-order valence-corrected chi connectivity index (χ1v) is 7.00. The minimum absolute atomic E-state index is 0.341. The summed E-state index contributed by atoms with van der Waals surface area (Å²) in [5.74, 6) is 0.895.